The summed E-state index contributed by atoms with van der Waals surface area (Å²) in [6.07, 6.45) is 5.22. The van der Waals surface area contributed by atoms with Gasteiger partial charge in [0.15, 0.2) is 0 Å². The molecular weight excluding hydrogens is 678 g/mol. The molecule has 15 heteroatoms. The minimum atomic E-state index is -4.00. The van der Waals surface area contributed by atoms with E-state index in [2.05, 4.69) is 20.3 Å². The maximum Gasteiger partial charge on any atom is 0.405 e. The molecule has 3 heterocycles. The van der Waals surface area contributed by atoms with Crippen LogP contribution in [-0.2, 0) is 24.4 Å². The second kappa shape index (κ2) is 14.0. The number of ether oxygens (including phenoxy) is 2. The van der Waals surface area contributed by atoms with Crippen LogP contribution in [0, 0.1) is 17.8 Å². The number of fused-ring (bicyclic) bond motifs is 3. The van der Waals surface area contributed by atoms with Crippen molar-refractivity contribution in [3.8, 4) is 11.8 Å². The van der Waals surface area contributed by atoms with Gasteiger partial charge in [-0.25, -0.2) is 13.2 Å². The van der Waals surface area contributed by atoms with Crippen LogP contribution in [-0.4, -0.2) is 89.4 Å². The van der Waals surface area contributed by atoms with Crippen LogP contribution < -0.4 is 24.8 Å². The monoisotopic (exact) mass is 725 g/mol. The van der Waals surface area contributed by atoms with Crippen LogP contribution >= 0.6 is 0 Å². The molecule has 2 aliphatic carbocycles. The number of hydrogen-bond donors (Lipinski definition) is 4. The summed E-state index contributed by atoms with van der Waals surface area (Å²) in [4.78, 5) is 60.6. The summed E-state index contributed by atoms with van der Waals surface area (Å²) in [7, 11) is -2.51. The summed E-state index contributed by atoms with van der Waals surface area (Å²) in [5, 5.41) is 16.6. The highest BCUT2D eigenvalue weighted by atomic mass is 32.2. The van der Waals surface area contributed by atoms with Crippen LogP contribution in [0.25, 0.3) is 10.8 Å². The van der Waals surface area contributed by atoms with E-state index < -0.39 is 68.2 Å². The lowest BCUT2D eigenvalue weighted by atomic mass is 9.85. The Morgan fingerprint density at radius 3 is 2.61 bits per heavy atom. The molecule has 4 amide bonds. The number of pyridine rings is 1. The summed E-state index contributed by atoms with van der Waals surface area (Å²) >= 11 is 0. The fourth-order valence-corrected chi connectivity index (χ4v) is 8.76. The first-order chi connectivity index (χ1) is 24.2. The Kier molecular flexibility index (Phi) is 9.96. The minimum absolute atomic E-state index is 0.00630. The van der Waals surface area contributed by atoms with Crippen molar-refractivity contribution in [2.24, 2.45) is 17.8 Å². The molecule has 0 radical (unpaired) electrons. The SMILES string of the molecule is CC[C@@H]1C[C@@H](C)CCC=C[C@@H]2C[C@@]2(C(=O)NS(=O)(=O)C2(C)CC2)NC(=O)[C@@H]2C[C@@H](Oc3nc(OC)cc4ccccc34)CN2C(=O)[C@H]1NC(=O)O. The van der Waals surface area contributed by atoms with Gasteiger partial charge in [0.05, 0.1) is 18.4 Å². The Hall–Kier alpha value is -4.40. The zero-order valence-electron chi connectivity index (χ0n) is 29.4. The second-order valence-electron chi connectivity index (χ2n) is 14.8. The van der Waals surface area contributed by atoms with E-state index in [9.17, 15) is 32.7 Å². The third-order valence-electron chi connectivity index (χ3n) is 11.1. The maximum atomic E-state index is 14.5. The Bertz CT molecular complexity index is 1850. The molecule has 1 aromatic carbocycles. The number of rotatable bonds is 8. The zero-order valence-corrected chi connectivity index (χ0v) is 30.2. The fraction of sp³-hybridized carbons (Fsp3) is 0.583. The van der Waals surface area contributed by atoms with Gasteiger partial charge in [0.1, 0.15) is 23.7 Å². The van der Waals surface area contributed by atoms with Gasteiger partial charge in [-0.1, -0.05) is 50.6 Å². The third kappa shape index (κ3) is 7.35. The molecule has 4 N–H and O–H groups in total. The van der Waals surface area contributed by atoms with Crippen LogP contribution in [0.2, 0.25) is 0 Å². The number of aromatic nitrogens is 1. The van der Waals surface area contributed by atoms with Crippen LogP contribution in [0.4, 0.5) is 4.79 Å². The minimum Gasteiger partial charge on any atom is -0.481 e. The van der Waals surface area contributed by atoms with Crippen LogP contribution in [0.5, 0.6) is 11.8 Å². The van der Waals surface area contributed by atoms with Crippen molar-refractivity contribution >= 4 is 44.6 Å². The van der Waals surface area contributed by atoms with Gasteiger partial charge < -0.3 is 30.1 Å². The highest BCUT2D eigenvalue weighted by Gasteiger charge is 2.63. The van der Waals surface area contributed by atoms with Gasteiger partial charge in [0.2, 0.25) is 33.6 Å². The Morgan fingerprint density at radius 2 is 1.92 bits per heavy atom. The molecule has 1 saturated heterocycles. The molecule has 3 fully saturated rings. The molecule has 1 aromatic heterocycles. The predicted molar refractivity (Wildman–Crippen MR) is 187 cm³/mol. The fourth-order valence-electron chi connectivity index (χ4n) is 7.44. The number of carbonyl (C=O) groups excluding carboxylic acids is 3. The number of hydrogen-bond acceptors (Lipinski definition) is 9. The quantitative estimate of drug-likeness (QED) is 0.293. The normalized spacial score (nSPS) is 30.5. The lowest BCUT2D eigenvalue weighted by Gasteiger charge is -2.33. The van der Waals surface area contributed by atoms with E-state index in [0.717, 1.165) is 11.8 Å². The standard InChI is InChI=1S/C36H47N5O9S/c1-5-22-16-21(2)10-6-8-12-24-19-36(24,33(44)40-51(47,48)35(3)14-15-35)39-30(42)27-18-25(20-41(27)32(43)29(22)38-34(45)46)50-31-26-13-9-7-11-23(26)17-28(37-31)49-4/h7-9,11-13,17,21-22,24-25,27,29,38H,5-6,10,14-16,18-20H2,1-4H3,(H,39,42)(H,40,44)(H,45,46)/t21-,22+,24+,25+,27-,29-,36+/m0/s1. The molecule has 14 nitrogen and oxygen atoms in total. The number of carboxylic acid groups (broad SMARTS) is 1. The molecule has 6 rings (SSSR count). The van der Waals surface area contributed by atoms with E-state index in [-0.39, 0.29) is 37.1 Å². The lowest BCUT2D eigenvalue weighted by Crippen LogP contribution is -2.59. The molecular formula is C36H47N5O9S. The molecule has 0 unspecified atom stereocenters. The van der Waals surface area contributed by atoms with Crippen molar-refractivity contribution in [2.45, 2.75) is 101 Å². The van der Waals surface area contributed by atoms with Gasteiger partial charge >= 0.3 is 6.09 Å². The van der Waals surface area contributed by atoms with E-state index in [1.54, 1.807) is 13.0 Å². The summed E-state index contributed by atoms with van der Waals surface area (Å²) in [6, 6.07) is 6.88. The Labute approximate surface area is 297 Å². The summed E-state index contributed by atoms with van der Waals surface area (Å²) < 4.78 is 39.2. The highest BCUT2D eigenvalue weighted by molar-refractivity contribution is 7.91. The van der Waals surface area contributed by atoms with Crippen molar-refractivity contribution < 1.29 is 42.2 Å². The zero-order chi connectivity index (χ0) is 36.7. The van der Waals surface area contributed by atoms with Crippen molar-refractivity contribution in [1.82, 2.24) is 25.2 Å². The molecule has 0 spiro atoms. The molecule has 7 atom stereocenters. The molecule has 4 aliphatic rings. The van der Waals surface area contributed by atoms with E-state index in [4.69, 9.17) is 9.47 Å². The average molecular weight is 726 g/mol. The van der Waals surface area contributed by atoms with Gasteiger partial charge in [-0.2, -0.15) is 4.98 Å². The molecule has 276 valence electrons. The van der Waals surface area contributed by atoms with Crippen LogP contribution in [0.1, 0.15) is 72.1 Å². The largest absolute Gasteiger partial charge is 0.481 e. The Balaban J connectivity index is 1.36. The first-order valence-electron chi connectivity index (χ1n) is 17.7. The summed E-state index contributed by atoms with van der Waals surface area (Å²) in [6.45, 7) is 5.47. The van der Waals surface area contributed by atoms with E-state index in [1.165, 1.54) is 12.0 Å². The molecule has 0 bridgehead atoms. The van der Waals surface area contributed by atoms with Crippen molar-refractivity contribution in [3.05, 3.63) is 42.5 Å². The number of allylic oxidation sites excluding steroid dienone is 1. The van der Waals surface area contributed by atoms with Gasteiger partial charge in [-0.05, 0) is 68.7 Å². The average Bonchev–Trinajstić information content (AvgIpc) is 3.97. The van der Waals surface area contributed by atoms with E-state index in [0.29, 0.717) is 43.4 Å². The topological polar surface area (TPSA) is 193 Å². The second-order valence-corrected chi connectivity index (χ2v) is 17.0. The van der Waals surface area contributed by atoms with E-state index in [1.807, 2.05) is 50.3 Å². The predicted octanol–water partition coefficient (Wildman–Crippen LogP) is 3.50. The first-order valence-corrected chi connectivity index (χ1v) is 19.1. The number of nitrogens with zero attached hydrogens (tertiary/aromatic N) is 2. The van der Waals surface area contributed by atoms with E-state index >= 15 is 0 Å². The van der Waals surface area contributed by atoms with Gasteiger partial charge in [-0.15, -0.1) is 0 Å². The molecule has 2 aromatic rings. The number of amides is 4. The number of sulfonamides is 1. The molecule has 2 aliphatic heterocycles. The van der Waals surface area contributed by atoms with Crippen molar-refractivity contribution in [2.75, 3.05) is 13.7 Å². The summed E-state index contributed by atoms with van der Waals surface area (Å²) in [5.74, 6) is -2.18. The molecule has 2 saturated carbocycles. The number of nitrogens with one attached hydrogen (secondary N) is 3. The van der Waals surface area contributed by atoms with Crippen molar-refractivity contribution in [3.63, 3.8) is 0 Å². The number of carbonyl (C=O) groups is 4. The number of benzene rings is 1. The first kappa shape index (κ1) is 36.4. The van der Waals surface area contributed by atoms with Gasteiger partial charge in [0.25, 0.3) is 5.91 Å². The number of methoxy groups -OCH3 is 1. The van der Waals surface area contributed by atoms with Crippen molar-refractivity contribution in [1.29, 1.82) is 0 Å². The summed E-state index contributed by atoms with van der Waals surface area (Å²) in [5.41, 5.74) is -1.54. The molecule has 51 heavy (non-hydrogen) atoms. The van der Waals surface area contributed by atoms with Crippen LogP contribution in [0.3, 0.4) is 0 Å². The van der Waals surface area contributed by atoms with Gasteiger partial charge in [-0.3, -0.25) is 19.1 Å². The van der Waals surface area contributed by atoms with Crippen LogP contribution in [0.15, 0.2) is 42.5 Å². The van der Waals surface area contributed by atoms with Gasteiger partial charge in [0, 0.05) is 23.8 Å². The Morgan fingerprint density at radius 1 is 1.18 bits per heavy atom. The lowest BCUT2D eigenvalue weighted by molar-refractivity contribution is -0.142. The third-order valence-corrected chi connectivity index (χ3v) is 13.2. The maximum absolute atomic E-state index is 14.5. The smallest absolute Gasteiger partial charge is 0.405 e. The highest BCUT2D eigenvalue weighted by Crippen LogP contribution is 2.47.